The summed E-state index contributed by atoms with van der Waals surface area (Å²) in [7, 11) is 0. The minimum Gasteiger partial charge on any atom is -0.463 e. The molecule has 1 heterocycles. The van der Waals surface area contributed by atoms with Crippen LogP contribution < -0.4 is 0 Å². The lowest BCUT2D eigenvalue weighted by Crippen LogP contribution is -2.67. The summed E-state index contributed by atoms with van der Waals surface area (Å²) in [6.07, 6.45) is -5.26. The smallest absolute Gasteiger partial charge is 0.303 e. The Kier molecular flexibility index (Phi) is 6.88. The Morgan fingerprint density at radius 2 is 1.36 bits per heavy atom. The van der Waals surface area contributed by atoms with Crippen molar-refractivity contribution >= 4 is 23.9 Å². The third kappa shape index (κ3) is 5.98. The van der Waals surface area contributed by atoms with Gasteiger partial charge in [0, 0.05) is 27.7 Å². The lowest BCUT2D eigenvalue weighted by molar-refractivity contribution is -0.344. The first-order valence-electron chi connectivity index (χ1n) is 7.49. The molecule has 0 amide bonds. The fourth-order valence-corrected chi connectivity index (χ4v) is 2.47. The van der Waals surface area contributed by atoms with Gasteiger partial charge in [-0.15, -0.1) is 0 Å². The summed E-state index contributed by atoms with van der Waals surface area (Å²) in [6.45, 7) is 5.26. The van der Waals surface area contributed by atoms with E-state index in [0.717, 1.165) is 27.7 Å². The van der Waals surface area contributed by atoms with Crippen LogP contribution in [0.1, 0.15) is 34.6 Å². The standard InChI is InChI=1S/C15H22O10/c1-7(16)21-6-11-12(22-8(2)17)13(23-9(3)18)14(24-10(4)19)15(5,20)25-11/h11-14,20H,6H2,1-5H3/t11-,12+,13+,14-,15-/m1/s1. The number of carbonyl (C=O) groups is 4. The lowest BCUT2D eigenvalue weighted by Gasteiger charge is -2.47. The van der Waals surface area contributed by atoms with Crippen LogP contribution >= 0.6 is 0 Å². The van der Waals surface area contributed by atoms with Gasteiger partial charge in [0.15, 0.2) is 18.3 Å². The van der Waals surface area contributed by atoms with Gasteiger partial charge in [-0.05, 0) is 6.92 Å². The number of carbonyl (C=O) groups excluding carboxylic acids is 4. The van der Waals surface area contributed by atoms with Gasteiger partial charge in [-0.1, -0.05) is 0 Å². The van der Waals surface area contributed by atoms with E-state index in [1.54, 1.807) is 0 Å². The highest BCUT2D eigenvalue weighted by molar-refractivity contribution is 5.68. The molecule has 0 unspecified atom stereocenters. The van der Waals surface area contributed by atoms with Crippen LogP contribution in [0.4, 0.5) is 0 Å². The molecule has 1 aliphatic heterocycles. The maximum atomic E-state index is 11.4. The Morgan fingerprint density at radius 1 is 0.880 bits per heavy atom. The van der Waals surface area contributed by atoms with Crippen LogP contribution in [0, 0.1) is 0 Å². The fourth-order valence-electron chi connectivity index (χ4n) is 2.47. The van der Waals surface area contributed by atoms with E-state index in [-0.39, 0.29) is 6.61 Å². The summed E-state index contributed by atoms with van der Waals surface area (Å²) in [5, 5.41) is 10.5. The summed E-state index contributed by atoms with van der Waals surface area (Å²) < 4.78 is 25.5. The Balaban J connectivity index is 3.24. The van der Waals surface area contributed by atoms with Gasteiger partial charge in [0.05, 0.1) is 0 Å². The summed E-state index contributed by atoms with van der Waals surface area (Å²) in [4.78, 5) is 45.3. The van der Waals surface area contributed by atoms with E-state index < -0.39 is 54.1 Å². The molecule has 5 atom stereocenters. The van der Waals surface area contributed by atoms with Crippen molar-refractivity contribution in [1.82, 2.24) is 0 Å². The van der Waals surface area contributed by atoms with Gasteiger partial charge in [-0.3, -0.25) is 19.2 Å². The molecule has 0 saturated carbocycles. The number of ether oxygens (including phenoxy) is 5. The summed E-state index contributed by atoms with van der Waals surface area (Å²) in [5.74, 6) is -4.99. The topological polar surface area (TPSA) is 135 Å². The first-order chi connectivity index (χ1) is 11.4. The number of rotatable bonds is 5. The van der Waals surface area contributed by atoms with Gasteiger partial charge in [0.2, 0.25) is 5.79 Å². The number of hydrogen-bond acceptors (Lipinski definition) is 10. The maximum Gasteiger partial charge on any atom is 0.303 e. The fraction of sp³-hybridized carbons (Fsp3) is 0.733. The van der Waals surface area contributed by atoms with Crippen LogP contribution in [-0.4, -0.2) is 65.8 Å². The highest BCUT2D eigenvalue weighted by Gasteiger charge is 2.57. The van der Waals surface area contributed by atoms with Crippen molar-refractivity contribution in [3.63, 3.8) is 0 Å². The van der Waals surface area contributed by atoms with Crippen LogP contribution in [0.15, 0.2) is 0 Å². The molecule has 10 nitrogen and oxygen atoms in total. The highest BCUT2D eigenvalue weighted by atomic mass is 16.7. The molecule has 25 heavy (non-hydrogen) atoms. The molecule has 0 aromatic rings. The minimum atomic E-state index is -2.09. The molecule has 0 spiro atoms. The van der Waals surface area contributed by atoms with Gasteiger partial charge < -0.3 is 28.8 Å². The molecule has 1 fully saturated rings. The quantitative estimate of drug-likeness (QED) is 0.501. The van der Waals surface area contributed by atoms with Crippen LogP contribution in [-0.2, 0) is 42.9 Å². The molecule has 0 radical (unpaired) electrons. The third-order valence-corrected chi connectivity index (χ3v) is 3.25. The zero-order chi connectivity index (χ0) is 19.4. The van der Waals surface area contributed by atoms with Crippen LogP contribution in [0.3, 0.4) is 0 Å². The van der Waals surface area contributed by atoms with E-state index >= 15 is 0 Å². The summed E-state index contributed by atoms with van der Waals surface area (Å²) >= 11 is 0. The lowest BCUT2D eigenvalue weighted by atomic mass is 9.92. The molecule has 1 N–H and O–H groups in total. The van der Waals surface area contributed by atoms with Crippen LogP contribution in [0.5, 0.6) is 0 Å². The van der Waals surface area contributed by atoms with Gasteiger partial charge in [0.25, 0.3) is 0 Å². The van der Waals surface area contributed by atoms with Crippen molar-refractivity contribution < 1.29 is 48.0 Å². The number of aliphatic hydroxyl groups is 1. The molecular weight excluding hydrogens is 340 g/mol. The van der Waals surface area contributed by atoms with Gasteiger partial charge >= 0.3 is 23.9 Å². The van der Waals surface area contributed by atoms with Crippen molar-refractivity contribution in [1.29, 1.82) is 0 Å². The zero-order valence-corrected chi connectivity index (χ0v) is 14.6. The molecule has 1 saturated heterocycles. The molecule has 1 rings (SSSR count). The van der Waals surface area contributed by atoms with Crippen molar-refractivity contribution in [3.8, 4) is 0 Å². The van der Waals surface area contributed by atoms with Gasteiger partial charge in [0.1, 0.15) is 12.7 Å². The Hall–Kier alpha value is -2.20. The Labute approximate surface area is 144 Å². The van der Waals surface area contributed by atoms with Gasteiger partial charge in [-0.25, -0.2) is 0 Å². The van der Waals surface area contributed by atoms with Crippen molar-refractivity contribution in [2.45, 2.75) is 64.8 Å². The molecular formula is C15H22O10. The van der Waals surface area contributed by atoms with Crippen molar-refractivity contribution in [2.24, 2.45) is 0 Å². The average molecular weight is 362 g/mol. The Bertz CT molecular complexity index is 540. The molecule has 1 aliphatic rings. The van der Waals surface area contributed by atoms with Crippen LogP contribution in [0.25, 0.3) is 0 Å². The summed E-state index contributed by atoms with van der Waals surface area (Å²) in [5.41, 5.74) is 0. The van der Waals surface area contributed by atoms with E-state index in [1.807, 2.05) is 0 Å². The van der Waals surface area contributed by atoms with E-state index in [9.17, 15) is 24.3 Å². The van der Waals surface area contributed by atoms with Gasteiger partial charge in [-0.2, -0.15) is 0 Å². The highest BCUT2D eigenvalue weighted by Crippen LogP contribution is 2.34. The predicted octanol–water partition coefficient (Wildman–Crippen LogP) is -0.548. The van der Waals surface area contributed by atoms with E-state index in [0.29, 0.717) is 0 Å². The van der Waals surface area contributed by atoms with E-state index in [1.165, 1.54) is 6.92 Å². The second-order valence-electron chi connectivity index (χ2n) is 5.69. The molecule has 142 valence electrons. The molecule has 0 aliphatic carbocycles. The number of esters is 4. The average Bonchev–Trinajstić information content (AvgIpc) is 2.42. The molecule has 0 bridgehead atoms. The molecule has 0 aromatic heterocycles. The largest absolute Gasteiger partial charge is 0.463 e. The monoisotopic (exact) mass is 362 g/mol. The molecule has 0 aromatic carbocycles. The maximum absolute atomic E-state index is 11.4. The van der Waals surface area contributed by atoms with E-state index in [2.05, 4.69) is 0 Å². The minimum absolute atomic E-state index is 0.381. The van der Waals surface area contributed by atoms with Crippen LogP contribution in [0.2, 0.25) is 0 Å². The number of hydrogen-bond donors (Lipinski definition) is 1. The normalized spacial score (nSPS) is 31.6. The second-order valence-corrected chi connectivity index (χ2v) is 5.69. The zero-order valence-electron chi connectivity index (χ0n) is 14.6. The molecule has 10 heteroatoms. The Morgan fingerprint density at radius 3 is 1.80 bits per heavy atom. The van der Waals surface area contributed by atoms with E-state index in [4.69, 9.17) is 23.7 Å². The third-order valence-electron chi connectivity index (χ3n) is 3.25. The summed E-state index contributed by atoms with van der Waals surface area (Å²) in [6, 6.07) is 0. The second kappa shape index (κ2) is 8.26. The van der Waals surface area contributed by atoms with Crippen molar-refractivity contribution in [2.75, 3.05) is 6.61 Å². The first-order valence-corrected chi connectivity index (χ1v) is 7.49. The SMILES string of the molecule is CC(=O)OC[C@H]1O[C@@](C)(O)[C@H](OC(C)=O)[C@@H](OC(C)=O)[C@H]1OC(C)=O. The predicted molar refractivity (Wildman–Crippen MR) is 78.8 cm³/mol. The van der Waals surface area contributed by atoms with Crippen molar-refractivity contribution in [3.05, 3.63) is 0 Å². The first kappa shape index (κ1) is 20.8.